The standard InChI is InChI=1S/C14H28N2O6/c1-3-19-13(17)15-21-11-9-7-5-6-8-10-12-22-16-14(18)20-4-2/h3-12H2,1-2H3,(H,15,17)(H,16,18). The van der Waals surface area contributed by atoms with Crippen LogP contribution in [-0.4, -0.2) is 38.6 Å². The summed E-state index contributed by atoms with van der Waals surface area (Å²) in [6.07, 6.45) is 4.90. The molecule has 0 saturated heterocycles. The van der Waals surface area contributed by atoms with Gasteiger partial charge in [-0.05, 0) is 26.7 Å². The SMILES string of the molecule is CCOC(=O)NOCCCCCCCCONC(=O)OCC. The molecule has 22 heavy (non-hydrogen) atoms. The maximum absolute atomic E-state index is 10.9. The van der Waals surface area contributed by atoms with Crippen molar-refractivity contribution in [2.24, 2.45) is 0 Å². The van der Waals surface area contributed by atoms with Crippen molar-refractivity contribution in [3.05, 3.63) is 0 Å². The molecule has 0 aromatic rings. The molecule has 0 radical (unpaired) electrons. The van der Waals surface area contributed by atoms with E-state index in [2.05, 4.69) is 20.4 Å². The minimum absolute atomic E-state index is 0.328. The van der Waals surface area contributed by atoms with Crippen molar-refractivity contribution < 1.29 is 28.7 Å². The van der Waals surface area contributed by atoms with Gasteiger partial charge in [-0.2, -0.15) is 11.0 Å². The van der Waals surface area contributed by atoms with Crippen LogP contribution in [0.4, 0.5) is 9.59 Å². The van der Waals surface area contributed by atoms with Crippen molar-refractivity contribution in [1.29, 1.82) is 0 Å². The normalized spacial score (nSPS) is 10.1. The minimum atomic E-state index is -0.557. The van der Waals surface area contributed by atoms with Crippen molar-refractivity contribution in [1.82, 2.24) is 11.0 Å². The Morgan fingerprint density at radius 2 is 1.05 bits per heavy atom. The summed E-state index contributed by atoms with van der Waals surface area (Å²) in [5.74, 6) is 0. The second kappa shape index (κ2) is 15.8. The van der Waals surface area contributed by atoms with Crippen molar-refractivity contribution in [2.45, 2.75) is 52.4 Å². The van der Waals surface area contributed by atoms with Crippen LogP contribution in [0.5, 0.6) is 0 Å². The zero-order valence-corrected chi connectivity index (χ0v) is 13.5. The fraction of sp³-hybridized carbons (Fsp3) is 0.857. The summed E-state index contributed by atoms with van der Waals surface area (Å²) in [6, 6.07) is 0. The first-order chi connectivity index (χ1) is 10.7. The van der Waals surface area contributed by atoms with Crippen LogP contribution >= 0.6 is 0 Å². The molecule has 2 amide bonds. The van der Waals surface area contributed by atoms with E-state index >= 15 is 0 Å². The molecule has 130 valence electrons. The van der Waals surface area contributed by atoms with Crippen LogP contribution in [0.15, 0.2) is 0 Å². The summed E-state index contributed by atoms with van der Waals surface area (Å²) < 4.78 is 9.28. The van der Waals surface area contributed by atoms with E-state index in [4.69, 9.17) is 9.68 Å². The average molecular weight is 320 g/mol. The van der Waals surface area contributed by atoms with Crippen LogP contribution in [0.1, 0.15) is 52.4 Å². The first-order valence-corrected chi connectivity index (χ1v) is 7.79. The number of carbonyl (C=O) groups excluding carboxylic acids is 2. The zero-order valence-electron chi connectivity index (χ0n) is 13.5. The number of unbranched alkanes of at least 4 members (excludes halogenated alkanes) is 5. The number of hydrogen-bond acceptors (Lipinski definition) is 6. The lowest BCUT2D eigenvalue weighted by molar-refractivity contribution is 0.0265. The summed E-state index contributed by atoms with van der Waals surface area (Å²) in [5, 5.41) is 0. The van der Waals surface area contributed by atoms with E-state index in [0.29, 0.717) is 26.4 Å². The van der Waals surface area contributed by atoms with Gasteiger partial charge in [-0.15, -0.1) is 0 Å². The summed E-state index contributed by atoms with van der Waals surface area (Å²) in [6.45, 7) is 5.08. The highest BCUT2D eigenvalue weighted by Crippen LogP contribution is 2.05. The molecule has 8 nitrogen and oxygen atoms in total. The number of rotatable bonds is 13. The molecule has 2 N–H and O–H groups in total. The van der Waals surface area contributed by atoms with Gasteiger partial charge < -0.3 is 9.47 Å². The highest BCUT2D eigenvalue weighted by molar-refractivity contribution is 5.65. The van der Waals surface area contributed by atoms with E-state index in [1.807, 2.05) is 0 Å². The monoisotopic (exact) mass is 320 g/mol. The quantitative estimate of drug-likeness (QED) is 0.400. The third-order valence-electron chi connectivity index (χ3n) is 2.60. The maximum Gasteiger partial charge on any atom is 0.431 e. The lowest BCUT2D eigenvalue weighted by Gasteiger charge is -2.06. The van der Waals surface area contributed by atoms with E-state index < -0.39 is 12.2 Å². The molecule has 0 atom stereocenters. The van der Waals surface area contributed by atoms with Crippen LogP contribution in [0, 0.1) is 0 Å². The molecule has 0 unspecified atom stereocenters. The molecule has 0 aliphatic rings. The summed E-state index contributed by atoms with van der Waals surface area (Å²) in [7, 11) is 0. The Kier molecular flexibility index (Phi) is 14.7. The Bertz CT molecular complexity index is 261. The molecule has 0 bridgehead atoms. The van der Waals surface area contributed by atoms with E-state index in [0.717, 1.165) is 38.5 Å². The Hall–Kier alpha value is -1.54. The predicted molar refractivity (Wildman–Crippen MR) is 79.9 cm³/mol. The van der Waals surface area contributed by atoms with E-state index in [1.54, 1.807) is 13.8 Å². The van der Waals surface area contributed by atoms with E-state index in [1.165, 1.54) is 0 Å². The van der Waals surface area contributed by atoms with Crippen molar-refractivity contribution in [2.75, 3.05) is 26.4 Å². The van der Waals surface area contributed by atoms with Gasteiger partial charge in [0.15, 0.2) is 0 Å². The molecule has 8 heteroatoms. The minimum Gasteiger partial charge on any atom is -0.448 e. The van der Waals surface area contributed by atoms with Crippen LogP contribution in [-0.2, 0) is 19.1 Å². The molecule has 0 aliphatic heterocycles. The van der Waals surface area contributed by atoms with E-state index in [-0.39, 0.29) is 0 Å². The number of carbonyl (C=O) groups is 2. The van der Waals surface area contributed by atoms with Gasteiger partial charge in [-0.1, -0.05) is 25.7 Å². The van der Waals surface area contributed by atoms with Crippen molar-refractivity contribution >= 4 is 12.2 Å². The molecular formula is C14H28N2O6. The summed E-state index contributed by atoms with van der Waals surface area (Å²) in [5.41, 5.74) is 4.41. The van der Waals surface area contributed by atoms with Gasteiger partial charge in [0.25, 0.3) is 0 Å². The topological polar surface area (TPSA) is 95.1 Å². The van der Waals surface area contributed by atoms with E-state index in [9.17, 15) is 9.59 Å². The molecule has 0 aromatic heterocycles. The second-order valence-corrected chi connectivity index (χ2v) is 4.46. The molecule has 0 fully saturated rings. The Morgan fingerprint density at radius 3 is 1.41 bits per heavy atom. The molecule has 0 saturated carbocycles. The van der Waals surface area contributed by atoms with Crippen LogP contribution in [0.3, 0.4) is 0 Å². The summed E-state index contributed by atoms with van der Waals surface area (Å²) in [4.78, 5) is 31.7. The fourth-order valence-corrected chi connectivity index (χ4v) is 1.60. The first-order valence-electron chi connectivity index (χ1n) is 7.79. The first kappa shape index (κ1) is 20.5. The van der Waals surface area contributed by atoms with Crippen LogP contribution in [0.2, 0.25) is 0 Å². The lowest BCUT2D eigenvalue weighted by Crippen LogP contribution is -2.25. The fourth-order valence-electron chi connectivity index (χ4n) is 1.60. The molecular weight excluding hydrogens is 292 g/mol. The third-order valence-corrected chi connectivity index (χ3v) is 2.60. The maximum atomic E-state index is 10.9. The Balaban J connectivity index is 3.11. The Labute approximate surface area is 131 Å². The second-order valence-electron chi connectivity index (χ2n) is 4.46. The number of amides is 2. The molecule has 0 heterocycles. The van der Waals surface area contributed by atoms with Gasteiger partial charge >= 0.3 is 12.2 Å². The number of hydrogen-bond donors (Lipinski definition) is 2. The smallest absolute Gasteiger partial charge is 0.431 e. The van der Waals surface area contributed by atoms with Crippen molar-refractivity contribution in [3.63, 3.8) is 0 Å². The van der Waals surface area contributed by atoms with Gasteiger partial charge in [-0.25, -0.2) is 9.59 Å². The molecule has 0 spiro atoms. The zero-order chi connectivity index (χ0) is 16.5. The third kappa shape index (κ3) is 14.9. The van der Waals surface area contributed by atoms with Gasteiger partial charge in [0.2, 0.25) is 0 Å². The lowest BCUT2D eigenvalue weighted by atomic mass is 10.1. The largest absolute Gasteiger partial charge is 0.448 e. The molecule has 0 rings (SSSR count). The van der Waals surface area contributed by atoms with Crippen LogP contribution < -0.4 is 11.0 Å². The van der Waals surface area contributed by atoms with Crippen LogP contribution in [0.25, 0.3) is 0 Å². The Morgan fingerprint density at radius 1 is 0.682 bits per heavy atom. The highest BCUT2D eigenvalue weighted by atomic mass is 16.7. The predicted octanol–water partition coefficient (Wildman–Crippen LogP) is 2.68. The number of nitrogens with one attached hydrogen (secondary N) is 2. The van der Waals surface area contributed by atoms with Gasteiger partial charge in [0.1, 0.15) is 0 Å². The van der Waals surface area contributed by atoms with Gasteiger partial charge in [0, 0.05) is 0 Å². The van der Waals surface area contributed by atoms with Gasteiger partial charge in [0.05, 0.1) is 26.4 Å². The highest BCUT2D eigenvalue weighted by Gasteiger charge is 2.00. The molecule has 0 aromatic carbocycles. The van der Waals surface area contributed by atoms with Gasteiger partial charge in [-0.3, -0.25) is 9.68 Å². The number of hydroxylamine groups is 2. The average Bonchev–Trinajstić information content (AvgIpc) is 2.49. The summed E-state index contributed by atoms with van der Waals surface area (Å²) >= 11 is 0. The van der Waals surface area contributed by atoms with Crippen molar-refractivity contribution in [3.8, 4) is 0 Å². The molecule has 0 aliphatic carbocycles. The number of ether oxygens (including phenoxy) is 2.